The lowest BCUT2D eigenvalue weighted by molar-refractivity contribution is -0.0242. The van der Waals surface area contributed by atoms with Gasteiger partial charge in [-0.1, -0.05) is 23.7 Å². The third-order valence-corrected chi connectivity index (χ3v) is 5.76. The van der Waals surface area contributed by atoms with E-state index in [1.165, 1.54) is 24.5 Å². The van der Waals surface area contributed by atoms with Gasteiger partial charge in [-0.05, 0) is 42.3 Å². The van der Waals surface area contributed by atoms with Gasteiger partial charge >= 0.3 is 5.97 Å². The molecule has 1 unspecified atom stereocenters. The van der Waals surface area contributed by atoms with Gasteiger partial charge in [0.2, 0.25) is 5.88 Å². The molecule has 0 radical (unpaired) electrons. The van der Waals surface area contributed by atoms with Crippen molar-refractivity contribution in [3.8, 4) is 17.1 Å². The highest BCUT2D eigenvalue weighted by Gasteiger charge is 2.32. The molecule has 0 saturated heterocycles. The molecule has 1 N–H and O–H groups in total. The quantitative estimate of drug-likeness (QED) is 0.489. The highest BCUT2D eigenvalue weighted by atomic mass is 35.5. The van der Waals surface area contributed by atoms with Crippen molar-refractivity contribution in [2.24, 2.45) is 0 Å². The maximum atomic E-state index is 13.2. The fourth-order valence-corrected chi connectivity index (χ4v) is 3.90. The standard InChI is InChI=1S/C24H20ClF2N3O4/c1-13(17-8-19(25)21(29-10-17)34-12-24(2,26)27)30-11-16-4-3-14(7-18(16)22(30)31)20-9-15(23(32)33)5-6-28-20/h3-10,13H,11-12H2,1-2H3,(H,32,33). The number of pyridine rings is 2. The van der Waals surface area contributed by atoms with E-state index >= 15 is 0 Å². The van der Waals surface area contributed by atoms with Gasteiger partial charge in [-0.2, -0.15) is 0 Å². The Labute approximate surface area is 199 Å². The number of aromatic carboxylic acids is 1. The summed E-state index contributed by atoms with van der Waals surface area (Å²) in [5.74, 6) is -4.39. The van der Waals surface area contributed by atoms with E-state index < -0.39 is 24.5 Å². The van der Waals surface area contributed by atoms with Crippen LogP contribution in [0.2, 0.25) is 5.02 Å². The molecule has 2 aromatic heterocycles. The van der Waals surface area contributed by atoms with Gasteiger partial charge in [-0.15, -0.1) is 0 Å². The molecule has 7 nitrogen and oxygen atoms in total. The van der Waals surface area contributed by atoms with Crippen molar-refractivity contribution >= 4 is 23.5 Å². The highest BCUT2D eigenvalue weighted by Crippen LogP contribution is 2.35. The minimum Gasteiger partial charge on any atom is -0.478 e. The molecule has 0 fully saturated rings. The van der Waals surface area contributed by atoms with Crippen molar-refractivity contribution in [1.29, 1.82) is 0 Å². The molecule has 3 aromatic rings. The minimum atomic E-state index is -3.02. The molecule has 0 aliphatic carbocycles. The summed E-state index contributed by atoms with van der Waals surface area (Å²) in [7, 11) is 0. The van der Waals surface area contributed by atoms with Crippen LogP contribution in [0, 0.1) is 0 Å². The summed E-state index contributed by atoms with van der Waals surface area (Å²) >= 11 is 6.17. The number of fused-ring (bicyclic) bond motifs is 1. The highest BCUT2D eigenvalue weighted by molar-refractivity contribution is 6.31. The third kappa shape index (κ3) is 4.84. The van der Waals surface area contributed by atoms with E-state index in [2.05, 4.69) is 9.97 Å². The van der Waals surface area contributed by atoms with Crippen LogP contribution < -0.4 is 4.74 Å². The number of amides is 1. The zero-order valence-electron chi connectivity index (χ0n) is 18.3. The molecule has 1 aliphatic rings. The Balaban J connectivity index is 1.55. The molecule has 3 heterocycles. The number of carbonyl (C=O) groups excluding carboxylic acids is 1. The Morgan fingerprint density at radius 3 is 2.71 bits per heavy atom. The van der Waals surface area contributed by atoms with Crippen LogP contribution in [-0.2, 0) is 6.54 Å². The summed E-state index contributed by atoms with van der Waals surface area (Å²) in [5.41, 5.74) is 3.12. The zero-order chi connectivity index (χ0) is 24.6. The SMILES string of the molecule is CC(c1cnc(OCC(C)(F)F)c(Cl)c1)N1Cc2ccc(-c3cc(C(=O)O)ccn3)cc2C1=O. The summed E-state index contributed by atoms with van der Waals surface area (Å²) in [6, 6.07) is 9.31. The second kappa shape index (κ2) is 8.98. The van der Waals surface area contributed by atoms with E-state index in [-0.39, 0.29) is 22.4 Å². The normalized spacial score (nSPS) is 14.1. The molecule has 0 spiro atoms. The molecular formula is C24H20ClF2N3O4. The predicted molar refractivity (Wildman–Crippen MR) is 120 cm³/mol. The number of hydrogen-bond donors (Lipinski definition) is 1. The van der Waals surface area contributed by atoms with Crippen molar-refractivity contribution < 1.29 is 28.2 Å². The number of alkyl halides is 2. The van der Waals surface area contributed by atoms with Gasteiger partial charge in [-0.25, -0.2) is 18.6 Å². The predicted octanol–water partition coefficient (Wildman–Crippen LogP) is 5.25. The molecule has 1 aromatic carbocycles. The molecule has 1 aliphatic heterocycles. The zero-order valence-corrected chi connectivity index (χ0v) is 19.0. The smallest absolute Gasteiger partial charge is 0.335 e. The second-order valence-electron chi connectivity index (χ2n) is 8.13. The lowest BCUT2D eigenvalue weighted by Gasteiger charge is -2.25. The summed E-state index contributed by atoms with van der Waals surface area (Å²) in [5, 5.41) is 9.29. The molecule has 34 heavy (non-hydrogen) atoms. The lowest BCUT2D eigenvalue weighted by atomic mass is 10.0. The Morgan fingerprint density at radius 1 is 1.26 bits per heavy atom. The average Bonchev–Trinajstić information content (AvgIpc) is 3.13. The molecule has 0 saturated carbocycles. The topological polar surface area (TPSA) is 92.6 Å². The molecule has 10 heteroatoms. The Kier molecular flexibility index (Phi) is 6.22. The van der Waals surface area contributed by atoms with Gasteiger partial charge in [0.05, 0.1) is 17.3 Å². The Bertz CT molecular complexity index is 1280. The number of ether oxygens (including phenoxy) is 1. The maximum Gasteiger partial charge on any atom is 0.335 e. The monoisotopic (exact) mass is 487 g/mol. The molecule has 1 amide bonds. The van der Waals surface area contributed by atoms with Crippen molar-refractivity contribution in [2.45, 2.75) is 32.4 Å². The first-order valence-electron chi connectivity index (χ1n) is 10.3. The van der Waals surface area contributed by atoms with Crippen molar-refractivity contribution in [3.63, 3.8) is 0 Å². The first kappa shape index (κ1) is 23.6. The fourth-order valence-electron chi connectivity index (χ4n) is 3.67. The molecule has 1 atom stereocenters. The number of nitrogens with zero attached hydrogens (tertiary/aromatic N) is 3. The molecule has 4 rings (SSSR count). The van der Waals surface area contributed by atoms with Crippen molar-refractivity contribution in [3.05, 3.63) is 76.1 Å². The number of hydrogen-bond acceptors (Lipinski definition) is 5. The maximum absolute atomic E-state index is 13.2. The van der Waals surface area contributed by atoms with Gasteiger partial charge in [-0.3, -0.25) is 9.78 Å². The Morgan fingerprint density at radius 2 is 2.03 bits per heavy atom. The Hall–Kier alpha value is -3.59. The number of carboxylic acids is 1. The molecular weight excluding hydrogens is 468 g/mol. The minimum absolute atomic E-state index is 0.0735. The van der Waals surface area contributed by atoms with E-state index in [0.717, 1.165) is 12.5 Å². The average molecular weight is 488 g/mol. The van der Waals surface area contributed by atoms with Crippen molar-refractivity contribution in [1.82, 2.24) is 14.9 Å². The van der Waals surface area contributed by atoms with Crippen molar-refractivity contribution in [2.75, 3.05) is 6.61 Å². The van der Waals surface area contributed by atoms with E-state index in [1.807, 2.05) is 13.0 Å². The van der Waals surface area contributed by atoms with Gasteiger partial charge in [0, 0.05) is 37.0 Å². The lowest BCUT2D eigenvalue weighted by Crippen LogP contribution is -2.27. The van der Waals surface area contributed by atoms with E-state index in [4.69, 9.17) is 16.3 Å². The summed E-state index contributed by atoms with van der Waals surface area (Å²) in [4.78, 5) is 34.3. The first-order valence-corrected chi connectivity index (χ1v) is 10.7. The van der Waals surface area contributed by atoms with E-state index in [1.54, 1.807) is 23.1 Å². The van der Waals surface area contributed by atoms with E-state index in [9.17, 15) is 23.5 Å². The first-order chi connectivity index (χ1) is 16.0. The summed E-state index contributed by atoms with van der Waals surface area (Å²) < 4.78 is 31.1. The van der Waals surface area contributed by atoms with Crippen LogP contribution in [0.15, 0.2) is 48.8 Å². The van der Waals surface area contributed by atoms with Crippen LogP contribution in [0.5, 0.6) is 5.88 Å². The van der Waals surface area contributed by atoms with Crippen LogP contribution in [0.25, 0.3) is 11.3 Å². The van der Waals surface area contributed by atoms with Crippen LogP contribution >= 0.6 is 11.6 Å². The van der Waals surface area contributed by atoms with Crippen LogP contribution in [-0.4, -0.2) is 44.4 Å². The second-order valence-corrected chi connectivity index (χ2v) is 8.54. The number of halogens is 3. The van der Waals surface area contributed by atoms with E-state index in [0.29, 0.717) is 28.9 Å². The number of aromatic nitrogens is 2. The molecule has 176 valence electrons. The number of carbonyl (C=O) groups is 2. The van der Waals surface area contributed by atoms with Crippen LogP contribution in [0.4, 0.5) is 8.78 Å². The largest absolute Gasteiger partial charge is 0.478 e. The van der Waals surface area contributed by atoms with Gasteiger partial charge in [0.25, 0.3) is 11.8 Å². The third-order valence-electron chi connectivity index (χ3n) is 5.49. The molecule has 0 bridgehead atoms. The number of carboxylic acid groups (broad SMARTS) is 1. The fraction of sp³-hybridized carbons (Fsp3) is 0.250. The summed E-state index contributed by atoms with van der Waals surface area (Å²) in [6.45, 7) is 2.06. The van der Waals surface area contributed by atoms with Gasteiger partial charge < -0.3 is 14.7 Å². The van der Waals surface area contributed by atoms with Crippen LogP contribution in [0.1, 0.15) is 51.7 Å². The van der Waals surface area contributed by atoms with Gasteiger partial charge in [0.15, 0.2) is 6.61 Å². The number of rotatable bonds is 7. The van der Waals surface area contributed by atoms with Gasteiger partial charge in [0.1, 0.15) is 5.02 Å². The van der Waals surface area contributed by atoms with Crippen LogP contribution in [0.3, 0.4) is 0 Å². The number of benzene rings is 1. The summed E-state index contributed by atoms with van der Waals surface area (Å²) in [6.07, 6.45) is 2.86.